The van der Waals surface area contributed by atoms with Gasteiger partial charge in [0.05, 0.1) is 11.1 Å². The lowest BCUT2D eigenvalue weighted by molar-refractivity contribution is -0.137. The average molecular weight is 274 g/mol. The number of nitrogens with two attached hydrogens (primary N) is 1. The number of carboxylic acids is 1. The van der Waals surface area contributed by atoms with Crippen LogP contribution in [0.3, 0.4) is 0 Å². The molecule has 0 aromatic heterocycles. The highest BCUT2D eigenvalue weighted by molar-refractivity contribution is 5.89. The summed E-state index contributed by atoms with van der Waals surface area (Å²) in [4.78, 5) is 25.2. The van der Waals surface area contributed by atoms with Gasteiger partial charge in [-0.1, -0.05) is 6.07 Å². The minimum atomic E-state index is -0.945. The van der Waals surface area contributed by atoms with Crippen molar-refractivity contribution < 1.29 is 14.7 Å². The third kappa shape index (κ3) is 2.08. The quantitative estimate of drug-likeness (QED) is 0.871. The van der Waals surface area contributed by atoms with E-state index in [0.29, 0.717) is 13.1 Å². The number of fused-ring (bicyclic) bond motifs is 1. The van der Waals surface area contributed by atoms with Gasteiger partial charge in [-0.25, -0.2) is 4.79 Å². The summed E-state index contributed by atoms with van der Waals surface area (Å²) in [6.07, 6.45) is 2.03. The molecule has 3 rings (SSSR count). The molecule has 1 fully saturated rings. The number of amides is 1. The lowest BCUT2D eigenvalue weighted by Crippen LogP contribution is -2.53. The molecule has 1 heterocycles. The molecule has 1 aliphatic carbocycles. The highest BCUT2D eigenvalue weighted by Crippen LogP contribution is 2.40. The van der Waals surface area contributed by atoms with Crippen LogP contribution < -0.4 is 5.73 Å². The first-order valence-corrected chi connectivity index (χ1v) is 6.83. The maximum Gasteiger partial charge on any atom is 0.335 e. The van der Waals surface area contributed by atoms with Gasteiger partial charge in [-0.3, -0.25) is 4.79 Å². The van der Waals surface area contributed by atoms with Crippen LogP contribution in [-0.4, -0.2) is 27.4 Å². The van der Waals surface area contributed by atoms with Crippen molar-refractivity contribution in [2.45, 2.75) is 38.4 Å². The molecule has 1 saturated carbocycles. The third-order valence-corrected chi connectivity index (χ3v) is 4.35. The van der Waals surface area contributed by atoms with E-state index in [4.69, 9.17) is 10.8 Å². The van der Waals surface area contributed by atoms with Crippen LogP contribution in [0.1, 0.15) is 41.3 Å². The van der Waals surface area contributed by atoms with Gasteiger partial charge in [0.1, 0.15) is 0 Å². The van der Waals surface area contributed by atoms with E-state index < -0.39 is 11.5 Å². The number of carbonyl (C=O) groups is 2. The Kier molecular flexibility index (Phi) is 2.83. The fourth-order valence-electron chi connectivity index (χ4n) is 2.87. The molecular weight excluding hydrogens is 256 g/mol. The van der Waals surface area contributed by atoms with Gasteiger partial charge in [0, 0.05) is 13.1 Å². The Morgan fingerprint density at radius 1 is 1.30 bits per heavy atom. The van der Waals surface area contributed by atoms with E-state index in [1.165, 1.54) is 0 Å². The Balaban J connectivity index is 1.80. The monoisotopic (exact) mass is 274 g/mol. The normalized spacial score (nSPS) is 20.4. The molecule has 1 amide bonds. The van der Waals surface area contributed by atoms with Crippen LogP contribution in [0.4, 0.5) is 0 Å². The second-order valence-corrected chi connectivity index (χ2v) is 6.01. The molecule has 5 nitrogen and oxygen atoms in total. The van der Waals surface area contributed by atoms with Crippen LogP contribution in [0.15, 0.2) is 18.2 Å². The first-order chi connectivity index (χ1) is 9.39. The number of rotatable bonds is 3. The minimum Gasteiger partial charge on any atom is -0.478 e. The molecule has 1 aromatic rings. The van der Waals surface area contributed by atoms with Crippen LogP contribution in [0.2, 0.25) is 0 Å². The molecule has 1 atom stereocenters. The van der Waals surface area contributed by atoms with Crippen molar-refractivity contribution in [3.05, 3.63) is 34.9 Å². The van der Waals surface area contributed by atoms with Gasteiger partial charge >= 0.3 is 5.97 Å². The van der Waals surface area contributed by atoms with E-state index in [-0.39, 0.29) is 17.4 Å². The van der Waals surface area contributed by atoms with Crippen molar-refractivity contribution in [1.82, 2.24) is 4.90 Å². The van der Waals surface area contributed by atoms with E-state index >= 15 is 0 Å². The highest BCUT2D eigenvalue weighted by atomic mass is 16.4. The van der Waals surface area contributed by atoms with Crippen molar-refractivity contribution in [3.63, 3.8) is 0 Å². The number of hydrogen-bond donors (Lipinski definition) is 2. The zero-order valence-electron chi connectivity index (χ0n) is 11.4. The van der Waals surface area contributed by atoms with Crippen molar-refractivity contribution in [2.24, 2.45) is 11.7 Å². The van der Waals surface area contributed by atoms with Gasteiger partial charge in [0.25, 0.3) is 0 Å². The highest BCUT2D eigenvalue weighted by Gasteiger charge is 2.46. The third-order valence-electron chi connectivity index (χ3n) is 4.35. The summed E-state index contributed by atoms with van der Waals surface area (Å²) in [6, 6.07) is 5.02. The summed E-state index contributed by atoms with van der Waals surface area (Å²) < 4.78 is 0. The summed E-state index contributed by atoms with van der Waals surface area (Å²) >= 11 is 0. The van der Waals surface area contributed by atoms with Gasteiger partial charge in [-0.2, -0.15) is 0 Å². The number of aromatic carboxylic acids is 1. The van der Waals surface area contributed by atoms with Crippen LogP contribution in [0.5, 0.6) is 0 Å². The zero-order chi connectivity index (χ0) is 14.5. The van der Waals surface area contributed by atoms with Gasteiger partial charge in [0.15, 0.2) is 0 Å². The molecule has 0 radical (unpaired) electrons. The van der Waals surface area contributed by atoms with E-state index in [2.05, 4.69) is 0 Å². The fraction of sp³-hybridized carbons (Fsp3) is 0.467. The second-order valence-electron chi connectivity index (χ2n) is 6.01. The standard InChI is InChI=1S/C15H18N2O3/c1-15(16,12-4-5-12)14(20)17-7-10-3-2-9(13(18)19)6-11(10)8-17/h2-3,6,12H,4-5,7-8,16H2,1H3,(H,18,19). The fourth-order valence-corrected chi connectivity index (χ4v) is 2.87. The maximum atomic E-state index is 12.5. The number of carboxylic acid groups (broad SMARTS) is 1. The SMILES string of the molecule is CC(N)(C(=O)N1Cc2ccc(C(=O)O)cc2C1)C1CC1. The molecule has 5 heteroatoms. The molecule has 0 bridgehead atoms. The summed E-state index contributed by atoms with van der Waals surface area (Å²) in [5.41, 5.74) is 7.56. The van der Waals surface area contributed by atoms with Crippen molar-refractivity contribution >= 4 is 11.9 Å². The molecule has 0 saturated heterocycles. The Morgan fingerprint density at radius 3 is 2.55 bits per heavy atom. The Hall–Kier alpha value is -1.88. The van der Waals surface area contributed by atoms with Crippen LogP contribution in [0.25, 0.3) is 0 Å². The second kappa shape index (κ2) is 4.31. The lowest BCUT2D eigenvalue weighted by atomic mass is 9.95. The van der Waals surface area contributed by atoms with Crippen LogP contribution in [-0.2, 0) is 17.9 Å². The smallest absolute Gasteiger partial charge is 0.335 e. The lowest BCUT2D eigenvalue weighted by Gasteiger charge is -2.28. The Morgan fingerprint density at radius 2 is 1.95 bits per heavy atom. The number of nitrogens with zero attached hydrogens (tertiary/aromatic N) is 1. The van der Waals surface area contributed by atoms with Crippen LogP contribution >= 0.6 is 0 Å². The van der Waals surface area contributed by atoms with Gasteiger partial charge in [0.2, 0.25) is 5.91 Å². The first-order valence-electron chi connectivity index (χ1n) is 6.83. The predicted molar refractivity (Wildman–Crippen MR) is 73.0 cm³/mol. The van der Waals surface area contributed by atoms with E-state index in [0.717, 1.165) is 24.0 Å². The summed E-state index contributed by atoms with van der Waals surface area (Å²) in [6.45, 7) is 2.78. The maximum absolute atomic E-state index is 12.5. The first kappa shape index (κ1) is 13.1. The molecule has 0 spiro atoms. The topological polar surface area (TPSA) is 83.6 Å². The molecule has 106 valence electrons. The summed E-state index contributed by atoms with van der Waals surface area (Å²) in [5, 5.41) is 9.00. The Labute approximate surface area is 117 Å². The van der Waals surface area contributed by atoms with Crippen molar-refractivity contribution in [3.8, 4) is 0 Å². The Bertz CT molecular complexity index is 591. The molecular formula is C15H18N2O3. The average Bonchev–Trinajstić information content (AvgIpc) is 3.17. The molecule has 2 aliphatic rings. The predicted octanol–water partition coefficient (Wildman–Crippen LogP) is 1.35. The molecule has 20 heavy (non-hydrogen) atoms. The molecule has 3 N–H and O–H groups in total. The van der Waals surface area contributed by atoms with Gasteiger partial charge < -0.3 is 15.7 Å². The zero-order valence-corrected chi connectivity index (χ0v) is 11.4. The number of hydrogen-bond acceptors (Lipinski definition) is 3. The number of carbonyl (C=O) groups excluding carboxylic acids is 1. The summed E-state index contributed by atoms with van der Waals surface area (Å²) in [7, 11) is 0. The van der Waals surface area contributed by atoms with Gasteiger partial charge in [-0.15, -0.1) is 0 Å². The minimum absolute atomic E-state index is 0.0342. The molecule has 1 unspecified atom stereocenters. The number of benzene rings is 1. The molecule has 1 aromatic carbocycles. The van der Waals surface area contributed by atoms with Gasteiger partial charge in [-0.05, 0) is 48.9 Å². The van der Waals surface area contributed by atoms with Crippen molar-refractivity contribution in [2.75, 3.05) is 0 Å². The van der Waals surface area contributed by atoms with Crippen molar-refractivity contribution in [1.29, 1.82) is 0 Å². The largest absolute Gasteiger partial charge is 0.478 e. The molecule has 1 aliphatic heterocycles. The van der Waals surface area contributed by atoms with E-state index in [9.17, 15) is 9.59 Å². The van der Waals surface area contributed by atoms with E-state index in [1.54, 1.807) is 30.0 Å². The van der Waals surface area contributed by atoms with Crippen LogP contribution in [0, 0.1) is 5.92 Å². The summed E-state index contributed by atoms with van der Waals surface area (Å²) in [5.74, 6) is -0.694. The van der Waals surface area contributed by atoms with E-state index in [1.807, 2.05) is 0 Å².